The van der Waals surface area contributed by atoms with Crippen LogP contribution >= 0.6 is 0 Å². The average molecular weight is 1830 g/mol. The number of carbonyl (C=O) groups is 21. The maximum absolute atomic E-state index is 14.9. The Morgan fingerprint density at radius 1 is 0.423 bits per heavy atom. The molecule has 51 nitrogen and oxygen atoms in total. The number of nitrogens with two attached hydrogens (primary N) is 4. The fourth-order valence-corrected chi connectivity index (χ4v) is 12.9. The largest absolute Gasteiger partial charge is 0.481 e. The second-order valence-electron chi connectivity index (χ2n) is 29.9. The number of imidazole rings is 1. The molecule has 0 radical (unpaired) electrons. The van der Waals surface area contributed by atoms with E-state index in [1.807, 2.05) is 0 Å². The summed E-state index contributed by atoms with van der Waals surface area (Å²) in [6.45, 7) is -7.71. The summed E-state index contributed by atoms with van der Waals surface area (Å²) >= 11 is 0. The molecule has 51 heteroatoms. The van der Waals surface area contributed by atoms with Crippen LogP contribution in [0.5, 0.6) is 0 Å². The summed E-state index contributed by atoms with van der Waals surface area (Å²) in [6.07, 6.45) is 1.91. The predicted octanol–water partition coefficient (Wildman–Crippen LogP) is -11.9. The van der Waals surface area contributed by atoms with Gasteiger partial charge in [0.2, 0.25) is 106 Å². The molecule has 1 aliphatic heterocycles. The number of carboxylic acid groups (broad SMARTS) is 3. The number of amides is 18. The Bertz CT molecular complexity index is 4580. The van der Waals surface area contributed by atoms with Gasteiger partial charge in [-0.2, -0.15) is 0 Å². The van der Waals surface area contributed by atoms with Gasteiger partial charge in [0.15, 0.2) is 0 Å². The highest BCUT2D eigenvalue weighted by Crippen LogP contribution is 2.23. The van der Waals surface area contributed by atoms with E-state index in [1.165, 1.54) is 18.7 Å². The topological polar surface area (TPSA) is 824 Å². The zero-order chi connectivity index (χ0) is 95.9. The molecule has 0 bridgehead atoms. The lowest BCUT2D eigenvalue weighted by atomic mass is 10.0. The number of rotatable bonds is 60. The maximum Gasteiger partial charge on any atom is 0.326 e. The number of aromatic nitrogens is 3. The van der Waals surface area contributed by atoms with Gasteiger partial charge in [0.05, 0.1) is 77.2 Å². The van der Waals surface area contributed by atoms with Crippen molar-refractivity contribution in [3.05, 3.63) is 90.1 Å². The van der Waals surface area contributed by atoms with Gasteiger partial charge in [-0.1, -0.05) is 48.5 Å². The number of fused-ring (bicyclic) bond motifs is 1. The molecule has 12 atom stereocenters. The molecule has 0 unspecified atom stereocenters. The van der Waals surface area contributed by atoms with Gasteiger partial charge in [-0.3, -0.25) is 95.9 Å². The van der Waals surface area contributed by atoms with E-state index in [0.717, 1.165) is 4.90 Å². The molecule has 2 aromatic carbocycles. The van der Waals surface area contributed by atoms with Crippen LogP contribution in [0.25, 0.3) is 10.9 Å². The van der Waals surface area contributed by atoms with Crippen LogP contribution in [0.4, 0.5) is 0 Å². The molecule has 3 heterocycles. The van der Waals surface area contributed by atoms with E-state index in [2.05, 4.69) is 100 Å². The standard InChI is InChI=1S/C79H114N24O27/c80-24-8-6-15-48(95-68(118)46(82)18-22-66(114)115)69(119)90-34-62(110)86-32-60(108)88-36-64(112)93-55(38-104)70(120)91-35-63(111)87-33-61(109)89-37-65(113)94-56(39-105)75(125)100-53(28-43-30-85-47-14-5-4-13-45(43)47)74(124)102-57(40-106)76(126)101-54(29-44-31-84-41-92-44)78(128)103-26-10-17-58(103)77(127)97-49(19-21-59(83)107)72(122)99-52(27-42-11-2-1-3-12-42)73(123)96-50(20-23-67(116)117)71(121)98-51(79(129)130)16-7-9-25-81/h1-5,11-14,30-31,41,46,48-58,85,104-106H,6-10,15-29,32-40,80-82H2,(H2,83,107)(H,84,92)(H,86,110)(H,87,111)(H,88,108)(H,89,109)(H,90,119)(H,91,120)(H,93,112)(H,94,113)(H,95,118)(H,96,123)(H,97,127)(H,98,121)(H,99,122)(H,100,125)(H,101,126)(H,102,124)(H,114,115)(H,116,117)(H,129,130)/t46-,48-,49-,50-,51-,52-,53-,54-,55-,56-,57-,58-/m0/s1. The van der Waals surface area contributed by atoms with Crippen molar-refractivity contribution < 1.29 is 131 Å². The number of aliphatic hydroxyl groups is 3. The van der Waals surface area contributed by atoms with Crippen molar-refractivity contribution in [2.24, 2.45) is 22.9 Å². The van der Waals surface area contributed by atoms with Gasteiger partial charge in [0.1, 0.15) is 66.5 Å². The van der Waals surface area contributed by atoms with Crippen LogP contribution in [0.15, 0.2) is 73.3 Å². The van der Waals surface area contributed by atoms with Gasteiger partial charge in [-0.15, -0.1) is 0 Å². The van der Waals surface area contributed by atoms with Crippen molar-refractivity contribution in [1.82, 2.24) is 105 Å². The zero-order valence-corrected chi connectivity index (χ0v) is 70.8. The van der Waals surface area contributed by atoms with Gasteiger partial charge in [0, 0.05) is 68.4 Å². The summed E-state index contributed by atoms with van der Waals surface area (Å²) in [5, 5.41) is 96.7. The highest BCUT2D eigenvalue weighted by molar-refractivity contribution is 6.01. The number of nitrogens with one attached hydrogen (secondary N) is 18. The van der Waals surface area contributed by atoms with Crippen LogP contribution in [0.3, 0.4) is 0 Å². The Labute approximate surface area is 742 Å². The lowest BCUT2D eigenvalue weighted by Crippen LogP contribution is -2.61. The Morgan fingerprint density at radius 2 is 0.846 bits per heavy atom. The molecule has 1 aliphatic rings. The third kappa shape index (κ3) is 37.8. The Morgan fingerprint density at radius 3 is 1.37 bits per heavy atom. The van der Waals surface area contributed by atoms with Crippen molar-refractivity contribution in [3.63, 3.8) is 0 Å². The number of primary amides is 1. The average Bonchev–Trinajstić information content (AvgIpc) is 1.69. The van der Waals surface area contributed by atoms with Gasteiger partial charge in [-0.25, -0.2) is 9.78 Å². The summed E-state index contributed by atoms with van der Waals surface area (Å²) in [5.74, 6) is -22.3. The minimum atomic E-state index is -1.93. The number of benzene rings is 2. The van der Waals surface area contributed by atoms with Crippen molar-refractivity contribution in [1.29, 1.82) is 0 Å². The van der Waals surface area contributed by atoms with Crippen molar-refractivity contribution >= 4 is 135 Å². The number of hydrogen-bond donors (Lipinski definition) is 28. The van der Waals surface area contributed by atoms with Gasteiger partial charge >= 0.3 is 17.9 Å². The van der Waals surface area contributed by atoms with Crippen LogP contribution < -0.4 is 108 Å². The highest BCUT2D eigenvalue weighted by Gasteiger charge is 2.42. The lowest BCUT2D eigenvalue weighted by molar-refractivity contribution is -0.143. The molecule has 32 N–H and O–H groups in total. The van der Waals surface area contributed by atoms with E-state index in [-0.39, 0.29) is 76.7 Å². The molecule has 0 saturated carbocycles. The third-order valence-corrected chi connectivity index (χ3v) is 19.9. The van der Waals surface area contributed by atoms with Crippen LogP contribution in [-0.4, -0.2) is 326 Å². The van der Waals surface area contributed by atoms with Crippen LogP contribution in [0, 0.1) is 0 Å². The predicted molar refractivity (Wildman–Crippen MR) is 451 cm³/mol. The van der Waals surface area contributed by atoms with E-state index in [1.54, 1.807) is 54.6 Å². The van der Waals surface area contributed by atoms with Crippen molar-refractivity contribution in [3.8, 4) is 0 Å². The lowest BCUT2D eigenvalue weighted by Gasteiger charge is -2.31. The first-order valence-corrected chi connectivity index (χ1v) is 41.4. The number of carbonyl (C=O) groups excluding carboxylic acids is 18. The normalized spacial score (nSPS) is 14.7. The van der Waals surface area contributed by atoms with Crippen LogP contribution in [0.1, 0.15) is 107 Å². The number of unbranched alkanes of at least 4 members (excludes halogenated alkanes) is 2. The summed E-state index contributed by atoms with van der Waals surface area (Å²) in [6, 6.07) is -4.34. The molecule has 0 aliphatic carbocycles. The quantitative estimate of drug-likeness (QED) is 0.0183. The smallest absolute Gasteiger partial charge is 0.326 e. The van der Waals surface area contributed by atoms with Crippen LogP contribution in [0.2, 0.25) is 0 Å². The Hall–Kier alpha value is -14.2. The molecule has 2 aromatic heterocycles. The molecule has 5 rings (SSSR count). The van der Waals surface area contributed by atoms with Crippen molar-refractivity contribution in [2.75, 3.05) is 78.7 Å². The Balaban J connectivity index is 1.18. The number of aliphatic hydroxyl groups excluding tert-OH is 3. The monoisotopic (exact) mass is 1830 g/mol. The number of aromatic amines is 2. The summed E-state index contributed by atoms with van der Waals surface area (Å²) in [4.78, 5) is 288. The SMILES string of the molecule is NCCCC[C@H](NC(=O)[C@H](CCC(=O)O)NC(=O)[C@H](Cc1ccccc1)NC(=O)[C@H](CCC(N)=O)NC(=O)[C@@H]1CCCN1C(=O)[C@H](Cc1c[nH]cn1)NC(=O)[C@H](CO)NC(=O)[C@H](Cc1c[nH]c2ccccc12)NC(=O)[C@H](CO)NC(=O)CNC(=O)CNC(=O)CNC(=O)[C@H](CO)NC(=O)CNC(=O)CNC(=O)CNC(=O)[C@H](CCCCN)NC(=O)[C@@H](N)CCC(=O)O)C(=O)O. The molecular weight excluding hydrogens is 1720 g/mol. The number of H-pyrrole nitrogens is 2. The molecule has 0 spiro atoms. The number of likely N-dealkylation sites (tertiary alicyclic amines) is 1. The van der Waals surface area contributed by atoms with E-state index < -0.39 is 294 Å². The minimum absolute atomic E-state index is 0.0557. The number of aliphatic carboxylic acids is 3. The number of para-hydroxylation sites is 1. The first-order chi connectivity index (χ1) is 62.0. The Kier molecular flexibility index (Phi) is 45.9. The minimum Gasteiger partial charge on any atom is -0.481 e. The summed E-state index contributed by atoms with van der Waals surface area (Å²) in [5.41, 5.74) is 23.9. The van der Waals surface area contributed by atoms with E-state index in [4.69, 9.17) is 28.0 Å². The second kappa shape index (κ2) is 56.1. The maximum atomic E-state index is 14.9. The first kappa shape index (κ1) is 106. The zero-order valence-electron chi connectivity index (χ0n) is 70.8. The molecule has 712 valence electrons. The number of nitrogens with zero attached hydrogens (tertiary/aromatic N) is 2. The molecule has 1 saturated heterocycles. The molecule has 4 aromatic rings. The molecule has 18 amide bonds. The van der Waals surface area contributed by atoms with Gasteiger partial charge in [0.25, 0.3) is 0 Å². The van der Waals surface area contributed by atoms with Crippen molar-refractivity contribution in [2.45, 2.75) is 182 Å². The van der Waals surface area contributed by atoms with E-state index in [0.29, 0.717) is 41.3 Å². The number of hydrogen-bond acceptors (Lipinski definition) is 28. The van der Waals surface area contributed by atoms with E-state index >= 15 is 0 Å². The number of carboxylic acids is 3. The second-order valence-corrected chi connectivity index (χ2v) is 29.9. The molecular formula is C79H114N24O27. The summed E-state index contributed by atoms with van der Waals surface area (Å²) in [7, 11) is 0. The summed E-state index contributed by atoms with van der Waals surface area (Å²) < 4.78 is 0. The fourth-order valence-electron chi connectivity index (χ4n) is 12.9. The fraction of sp³-hybridized carbons (Fsp3) is 0.519. The van der Waals surface area contributed by atoms with E-state index in [9.17, 15) is 126 Å². The molecule has 1 fully saturated rings. The first-order valence-electron chi connectivity index (χ1n) is 41.4. The third-order valence-electron chi connectivity index (χ3n) is 19.9. The van der Waals surface area contributed by atoms with Gasteiger partial charge < -0.3 is 154 Å². The highest BCUT2D eigenvalue weighted by atomic mass is 16.4. The van der Waals surface area contributed by atoms with Crippen LogP contribution in [-0.2, 0) is 120 Å². The van der Waals surface area contributed by atoms with Gasteiger partial charge in [-0.05, 0) is 101 Å². The molecule has 130 heavy (non-hydrogen) atoms.